The van der Waals surface area contributed by atoms with E-state index in [9.17, 15) is 19.5 Å². The summed E-state index contributed by atoms with van der Waals surface area (Å²) in [7, 11) is 1.44. The monoisotopic (exact) mass is 470 g/mol. The summed E-state index contributed by atoms with van der Waals surface area (Å²) in [6.07, 6.45) is 9.26. The van der Waals surface area contributed by atoms with Crippen LogP contribution in [0, 0.1) is 6.92 Å². The van der Waals surface area contributed by atoms with E-state index in [1.54, 1.807) is 25.1 Å². The third kappa shape index (κ3) is 7.31. The summed E-state index contributed by atoms with van der Waals surface area (Å²) in [6.45, 7) is 5.80. The van der Waals surface area contributed by atoms with Crippen molar-refractivity contribution in [1.29, 1.82) is 0 Å². The van der Waals surface area contributed by atoms with Crippen molar-refractivity contribution in [2.24, 2.45) is 0 Å². The van der Waals surface area contributed by atoms with Crippen molar-refractivity contribution >= 4 is 17.5 Å². The second-order valence-electron chi connectivity index (χ2n) is 8.86. The Hall–Kier alpha value is -2.89. The first-order valence-corrected chi connectivity index (χ1v) is 12.3. The van der Waals surface area contributed by atoms with Crippen LogP contribution in [0.5, 0.6) is 5.75 Å². The highest BCUT2D eigenvalue weighted by Crippen LogP contribution is 2.30. The van der Waals surface area contributed by atoms with Crippen molar-refractivity contribution in [2.45, 2.75) is 85.0 Å². The number of ether oxygens (including phenoxy) is 2. The summed E-state index contributed by atoms with van der Waals surface area (Å²) in [4.78, 5) is 37.2. The van der Waals surface area contributed by atoms with Crippen LogP contribution >= 0.6 is 0 Å². The highest BCUT2D eigenvalue weighted by molar-refractivity contribution is 6.24. The Morgan fingerprint density at radius 2 is 1.50 bits per heavy atom. The van der Waals surface area contributed by atoms with E-state index in [1.165, 1.54) is 7.11 Å². The minimum atomic E-state index is -0.485. The Labute approximate surface area is 203 Å². The van der Waals surface area contributed by atoms with Crippen LogP contribution in [0.1, 0.15) is 94.0 Å². The predicted octanol–water partition coefficient (Wildman–Crippen LogP) is 6.15. The van der Waals surface area contributed by atoms with Gasteiger partial charge in [-0.15, -0.1) is 0 Å². The van der Waals surface area contributed by atoms with Gasteiger partial charge in [-0.1, -0.05) is 51.5 Å². The van der Waals surface area contributed by atoms with E-state index in [-0.39, 0.29) is 28.6 Å². The van der Waals surface area contributed by atoms with Gasteiger partial charge in [-0.05, 0) is 57.2 Å². The largest absolute Gasteiger partial charge is 0.507 e. The van der Waals surface area contributed by atoms with Crippen LogP contribution in [0.25, 0.3) is 0 Å². The Balaban J connectivity index is 1.56. The molecule has 2 rings (SSSR count). The van der Waals surface area contributed by atoms with Crippen molar-refractivity contribution in [3.05, 3.63) is 51.8 Å². The lowest BCUT2D eigenvalue weighted by atomic mass is 9.85. The predicted molar refractivity (Wildman–Crippen MR) is 132 cm³/mol. The number of carbonyl (C=O) groups excluding carboxylic acids is 3. The molecular weight excluding hydrogens is 432 g/mol. The number of allylic oxidation sites excluding steroid dienone is 3. The number of methoxy groups -OCH3 is 1. The van der Waals surface area contributed by atoms with Crippen molar-refractivity contribution in [2.75, 3.05) is 13.7 Å². The number of rotatable bonds is 14. The molecule has 0 aromatic heterocycles. The number of aromatic hydroxyl groups is 1. The molecule has 1 N–H and O–H groups in total. The second kappa shape index (κ2) is 13.7. The number of carbonyl (C=O) groups is 3. The van der Waals surface area contributed by atoms with Gasteiger partial charge in [0.05, 0.1) is 13.7 Å². The van der Waals surface area contributed by atoms with Gasteiger partial charge < -0.3 is 14.6 Å². The van der Waals surface area contributed by atoms with E-state index in [0.717, 1.165) is 56.9 Å². The molecule has 0 heterocycles. The second-order valence-corrected chi connectivity index (χ2v) is 8.86. The zero-order valence-corrected chi connectivity index (χ0v) is 21.0. The topological polar surface area (TPSA) is 89.9 Å². The molecule has 0 aliphatic heterocycles. The zero-order chi connectivity index (χ0) is 25.1. The van der Waals surface area contributed by atoms with Crippen LogP contribution in [-0.2, 0) is 19.1 Å². The average molecular weight is 471 g/mol. The van der Waals surface area contributed by atoms with Crippen LogP contribution in [0.4, 0.5) is 0 Å². The molecular formula is C28H38O6. The van der Waals surface area contributed by atoms with Gasteiger partial charge in [0.15, 0.2) is 11.5 Å². The molecule has 0 atom stereocenters. The van der Waals surface area contributed by atoms with E-state index >= 15 is 0 Å². The zero-order valence-electron chi connectivity index (χ0n) is 21.0. The molecule has 0 unspecified atom stereocenters. The SMILES string of the molecule is CCC1=C(OC)C(=O)C(C)=C(CCCCCCCCCCOC(=O)c2ccc(C)cc2O)C1=O. The van der Waals surface area contributed by atoms with Crippen LogP contribution in [-0.4, -0.2) is 36.4 Å². The number of benzene rings is 1. The highest BCUT2D eigenvalue weighted by atomic mass is 16.5. The molecule has 0 saturated heterocycles. The molecule has 0 fully saturated rings. The summed E-state index contributed by atoms with van der Waals surface area (Å²) in [5, 5.41) is 9.84. The van der Waals surface area contributed by atoms with Gasteiger partial charge in [-0.3, -0.25) is 9.59 Å². The van der Waals surface area contributed by atoms with E-state index in [4.69, 9.17) is 9.47 Å². The Morgan fingerprint density at radius 1 is 0.882 bits per heavy atom. The van der Waals surface area contributed by atoms with Gasteiger partial charge >= 0.3 is 5.97 Å². The smallest absolute Gasteiger partial charge is 0.341 e. The first-order valence-electron chi connectivity index (χ1n) is 12.3. The maximum absolute atomic E-state index is 12.7. The first kappa shape index (κ1) is 27.4. The van der Waals surface area contributed by atoms with Gasteiger partial charge in [0.1, 0.15) is 11.3 Å². The van der Waals surface area contributed by atoms with Gasteiger partial charge in [-0.25, -0.2) is 4.79 Å². The third-order valence-electron chi connectivity index (χ3n) is 6.31. The molecule has 34 heavy (non-hydrogen) atoms. The van der Waals surface area contributed by atoms with Crippen LogP contribution in [0.15, 0.2) is 40.7 Å². The highest BCUT2D eigenvalue weighted by Gasteiger charge is 2.31. The number of Topliss-reactive ketones (excluding diaryl/α,β-unsaturated/α-hetero) is 2. The number of esters is 1. The van der Waals surface area contributed by atoms with Crippen molar-refractivity contribution in [1.82, 2.24) is 0 Å². The number of hydrogen-bond donors (Lipinski definition) is 1. The summed E-state index contributed by atoms with van der Waals surface area (Å²) in [5.41, 5.74) is 2.77. The number of unbranched alkanes of at least 4 members (excludes halogenated alkanes) is 7. The summed E-state index contributed by atoms with van der Waals surface area (Å²) in [6, 6.07) is 4.92. The van der Waals surface area contributed by atoms with Gasteiger partial charge in [-0.2, -0.15) is 0 Å². The Bertz CT molecular complexity index is 954. The lowest BCUT2D eigenvalue weighted by Crippen LogP contribution is -2.23. The molecule has 186 valence electrons. The molecule has 6 heteroatoms. The number of ketones is 2. The first-order chi connectivity index (χ1) is 16.3. The van der Waals surface area contributed by atoms with Crippen molar-refractivity contribution < 1.29 is 29.0 Å². The minimum absolute atomic E-state index is 0.0326. The lowest BCUT2D eigenvalue weighted by molar-refractivity contribution is -0.119. The van der Waals surface area contributed by atoms with E-state index in [2.05, 4.69) is 0 Å². The number of hydrogen-bond acceptors (Lipinski definition) is 6. The number of aryl methyl sites for hydroxylation is 1. The fraction of sp³-hybridized carbons (Fsp3) is 0.536. The molecule has 0 spiro atoms. The van der Waals surface area contributed by atoms with Crippen LogP contribution < -0.4 is 0 Å². The molecule has 0 amide bonds. The Kier molecular flexibility index (Phi) is 11.0. The van der Waals surface area contributed by atoms with E-state index in [0.29, 0.717) is 36.2 Å². The molecule has 0 bridgehead atoms. The fourth-order valence-electron chi connectivity index (χ4n) is 4.26. The summed E-state index contributed by atoms with van der Waals surface area (Å²) >= 11 is 0. The maximum Gasteiger partial charge on any atom is 0.341 e. The number of phenols is 1. The lowest BCUT2D eigenvalue weighted by Gasteiger charge is -2.20. The van der Waals surface area contributed by atoms with Gasteiger partial charge in [0.25, 0.3) is 0 Å². The summed E-state index contributed by atoms with van der Waals surface area (Å²) in [5.74, 6) is -0.513. The standard InChI is InChI=1S/C28H38O6/c1-5-21-26(31)22(20(3)25(30)27(21)33-4)14-12-10-8-6-7-9-11-13-17-34-28(32)23-16-15-19(2)18-24(23)29/h15-16,18,29H,5-14,17H2,1-4H3. The minimum Gasteiger partial charge on any atom is -0.507 e. The molecule has 0 saturated carbocycles. The number of phenolic OH excluding ortho intramolecular Hbond substituents is 1. The molecule has 1 aliphatic carbocycles. The van der Waals surface area contributed by atoms with Crippen LogP contribution in [0.3, 0.4) is 0 Å². The molecule has 1 aliphatic rings. The molecule has 6 nitrogen and oxygen atoms in total. The van der Waals surface area contributed by atoms with Crippen LogP contribution in [0.2, 0.25) is 0 Å². The maximum atomic E-state index is 12.7. The van der Waals surface area contributed by atoms with Crippen molar-refractivity contribution in [3.8, 4) is 5.75 Å². The normalized spacial score (nSPS) is 14.1. The van der Waals surface area contributed by atoms with Gasteiger partial charge in [0.2, 0.25) is 5.78 Å². The molecule has 1 aromatic carbocycles. The summed E-state index contributed by atoms with van der Waals surface area (Å²) < 4.78 is 10.4. The van der Waals surface area contributed by atoms with Gasteiger partial charge in [0, 0.05) is 16.7 Å². The van der Waals surface area contributed by atoms with E-state index < -0.39 is 5.97 Å². The van der Waals surface area contributed by atoms with E-state index in [1.807, 2.05) is 13.8 Å². The molecule has 1 aromatic rings. The quantitative estimate of drug-likeness (QED) is 0.199. The fourth-order valence-corrected chi connectivity index (χ4v) is 4.26. The molecule has 0 radical (unpaired) electrons. The third-order valence-corrected chi connectivity index (χ3v) is 6.31. The average Bonchev–Trinajstić information content (AvgIpc) is 2.81. The van der Waals surface area contributed by atoms with Crippen molar-refractivity contribution in [3.63, 3.8) is 0 Å². The Morgan fingerprint density at radius 3 is 2.09 bits per heavy atom.